The van der Waals surface area contributed by atoms with E-state index in [-0.39, 0.29) is 55.6 Å². The molecule has 2 aliphatic heterocycles. The van der Waals surface area contributed by atoms with Gasteiger partial charge in [0.1, 0.15) is 10.2 Å². The monoisotopic (exact) mass is 646 g/mol. The number of nitrogens with zero attached hydrogens (tertiary/aromatic N) is 4. The molecule has 10 nitrogen and oxygen atoms in total. The minimum Gasteiger partial charge on any atom is -0.399 e. The summed E-state index contributed by atoms with van der Waals surface area (Å²) < 4.78 is 12.5. The fraction of sp³-hybridized carbons (Fsp3) is 0.630. The Balaban J connectivity index is 0.000000267. The van der Waals surface area contributed by atoms with Crippen LogP contribution in [0.25, 0.3) is 0 Å². The molecule has 0 aromatic carbocycles. The van der Waals surface area contributed by atoms with Gasteiger partial charge >= 0.3 is 7.12 Å². The zero-order valence-electron chi connectivity index (χ0n) is 23.3. The number of aliphatic hydroxyl groups is 2. The van der Waals surface area contributed by atoms with E-state index < -0.39 is 12.7 Å². The molecule has 5 rings (SSSR count). The SMILES string of the molecule is C.CC1(C)OB(c2ccc([13C]([13CH3])([13CH3])O)nc2)OC1(C)C.Cl.O=[13C]1[13CH2]Nc2ncc(Br)nc2N1C1CCC(O)CC1. The number of nitrogens with one attached hydrogen (secondary N) is 1. The Morgan fingerprint density at radius 3 is 2.20 bits per heavy atom. The van der Waals surface area contributed by atoms with Gasteiger partial charge in [-0.05, 0) is 89.2 Å². The standard InChI is InChI=1S/C14H22BNO3.C12H15BrN4O2.CH4.ClH/c1-12(2,17)11-8-7-10(9-16-11)15-18-13(3,4)14(5,6)19-15;13-9-5-14-11-12(16-9)17(10(19)6-15-11)7-1-3-8(18)4-2-7;;/h7-9,17H,1-6H3;5,7-8,18H,1-4,6H2,(H,14,15);1H4;1H/i1+1,2+1,12+1;6+1,10+1;;. The van der Waals surface area contributed by atoms with Crippen molar-refractivity contribution in [1.82, 2.24) is 15.0 Å². The molecule has 1 saturated heterocycles. The summed E-state index contributed by atoms with van der Waals surface area (Å²) in [6, 6.07) is 3.81. The lowest BCUT2D eigenvalue weighted by Crippen LogP contribution is -2.49. The number of amides is 1. The number of hydrogen-bond donors (Lipinski definition) is 3. The number of aliphatic hydroxyl groups excluding tert-OH is 1. The Bertz CT molecular complexity index is 1140. The molecule has 1 aliphatic carbocycles. The first-order valence-electron chi connectivity index (χ1n) is 13.0. The number of anilines is 2. The predicted octanol–water partition coefficient (Wildman–Crippen LogP) is 3.97. The third kappa shape index (κ3) is 7.51. The van der Waals surface area contributed by atoms with Crippen LogP contribution in [0.1, 0.15) is 80.3 Å². The van der Waals surface area contributed by atoms with Crippen molar-refractivity contribution in [3.8, 4) is 0 Å². The largest absolute Gasteiger partial charge is 0.496 e. The van der Waals surface area contributed by atoms with E-state index in [0.717, 1.165) is 31.1 Å². The summed E-state index contributed by atoms with van der Waals surface area (Å²) in [5.41, 5.74) is -0.146. The van der Waals surface area contributed by atoms with Crippen LogP contribution in [0.5, 0.6) is 0 Å². The summed E-state index contributed by atoms with van der Waals surface area (Å²) in [5, 5.41) is 22.4. The maximum Gasteiger partial charge on any atom is 0.496 e. The first-order valence-corrected chi connectivity index (χ1v) is 13.8. The van der Waals surface area contributed by atoms with Gasteiger partial charge in [0.05, 0.1) is 35.7 Å². The molecule has 13 heteroatoms. The highest BCUT2D eigenvalue weighted by molar-refractivity contribution is 9.10. The Morgan fingerprint density at radius 1 is 1.07 bits per heavy atom. The third-order valence-corrected chi connectivity index (χ3v) is 7.98. The van der Waals surface area contributed by atoms with Gasteiger partial charge in [-0.25, -0.2) is 9.97 Å². The van der Waals surface area contributed by atoms with Gasteiger partial charge in [0.15, 0.2) is 11.6 Å². The summed E-state index contributed by atoms with van der Waals surface area (Å²) in [7, 11) is -0.409. The van der Waals surface area contributed by atoms with Crippen LogP contribution in [-0.4, -0.2) is 68.1 Å². The third-order valence-electron chi connectivity index (χ3n) is 7.60. The predicted molar refractivity (Wildman–Crippen MR) is 163 cm³/mol. The average molecular weight is 648 g/mol. The molecule has 0 radical (unpaired) electrons. The highest BCUT2D eigenvalue weighted by atomic mass is 79.9. The van der Waals surface area contributed by atoms with Gasteiger partial charge < -0.3 is 24.8 Å². The Hall–Kier alpha value is -1.83. The van der Waals surface area contributed by atoms with Gasteiger partial charge in [-0.15, -0.1) is 12.4 Å². The van der Waals surface area contributed by atoms with Gasteiger partial charge in [0.2, 0.25) is 5.91 Å². The molecule has 0 atom stereocenters. The summed E-state index contributed by atoms with van der Waals surface area (Å²) >= 11 is 3.29. The van der Waals surface area contributed by atoms with Crippen molar-refractivity contribution < 1.29 is 24.3 Å². The molecular weight excluding hydrogens is 605 g/mol. The number of rotatable bonds is 3. The second kappa shape index (κ2) is 13.0. The first kappa shape index (κ1) is 34.4. The molecule has 0 bridgehead atoms. The molecule has 2 aromatic rings. The second-order valence-corrected chi connectivity index (χ2v) is 12.4. The molecule has 2 aromatic heterocycles. The minimum atomic E-state index is -0.936. The molecule has 3 aliphatic rings. The topological polar surface area (TPSA) is 130 Å². The average Bonchev–Trinajstić information content (AvgIpc) is 3.06. The molecule has 4 heterocycles. The Labute approximate surface area is 252 Å². The van der Waals surface area contributed by atoms with Gasteiger partial charge in [0.25, 0.3) is 0 Å². The number of aromatic nitrogens is 3. The summed E-state index contributed by atoms with van der Waals surface area (Å²) in [5.74, 6) is 1.25. The van der Waals surface area contributed by atoms with Crippen molar-refractivity contribution in [3.05, 3.63) is 34.8 Å². The summed E-state index contributed by atoms with van der Waals surface area (Å²) in [4.78, 5) is 26.8. The maximum absolute atomic E-state index is 12.2. The fourth-order valence-corrected chi connectivity index (χ4v) is 4.86. The van der Waals surface area contributed by atoms with Gasteiger partial charge in [0, 0.05) is 17.7 Å². The second-order valence-electron chi connectivity index (χ2n) is 11.6. The van der Waals surface area contributed by atoms with Crippen LogP contribution in [0.4, 0.5) is 11.6 Å². The number of carbonyl (C=O) groups excluding carboxylic acids is 1. The Morgan fingerprint density at radius 2 is 1.68 bits per heavy atom. The number of halogens is 2. The molecule has 0 unspecified atom stereocenters. The van der Waals surface area contributed by atoms with E-state index in [1.54, 1.807) is 37.2 Å². The molecule has 40 heavy (non-hydrogen) atoms. The Kier molecular flexibility index (Phi) is 11.2. The van der Waals surface area contributed by atoms with Crippen LogP contribution in [0, 0.1) is 0 Å². The molecule has 222 valence electrons. The van der Waals surface area contributed by atoms with E-state index in [0.29, 0.717) is 21.9 Å². The maximum atomic E-state index is 12.2. The van der Waals surface area contributed by atoms with Gasteiger partial charge in [-0.3, -0.25) is 14.7 Å². The number of fused-ring (bicyclic) bond motifs is 1. The van der Waals surface area contributed by atoms with Crippen LogP contribution in [-0.2, 0) is 19.7 Å². The van der Waals surface area contributed by atoms with Crippen LogP contribution in [0.3, 0.4) is 0 Å². The van der Waals surface area contributed by atoms with Crippen LogP contribution < -0.4 is 15.7 Å². The lowest BCUT2D eigenvalue weighted by atomic mass is 9.80. The minimum absolute atomic E-state index is 0. The van der Waals surface area contributed by atoms with Crippen molar-refractivity contribution in [1.29, 1.82) is 0 Å². The van der Waals surface area contributed by atoms with Gasteiger partial charge in [-0.2, -0.15) is 0 Å². The lowest BCUT2D eigenvalue weighted by molar-refractivity contribution is -0.118. The normalized spacial score (nSPS) is 23.1. The zero-order chi connectivity index (χ0) is 27.9. The smallest absolute Gasteiger partial charge is 0.399 e. The van der Waals surface area contributed by atoms with Crippen LogP contribution >= 0.6 is 28.3 Å². The summed E-state index contributed by atoms with van der Waals surface area (Å²) in [6.45, 7) is 11.8. The summed E-state index contributed by atoms with van der Waals surface area (Å²) in [6.07, 6.45) is 6.17. The number of hydrogen-bond acceptors (Lipinski definition) is 9. The lowest BCUT2D eigenvalue weighted by Gasteiger charge is -2.37. The first-order chi connectivity index (χ1) is 17.7. The van der Waals surface area contributed by atoms with E-state index in [4.69, 9.17) is 9.31 Å². The van der Waals surface area contributed by atoms with E-state index in [9.17, 15) is 15.0 Å². The van der Waals surface area contributed by atoms with Crippen molar-refractivity contribution in [2.45, 2.75) is 104 Å². The molecular formula is C27H42BBrClN5O5. The van der Waals surface area contributed by atoms with E-state index >= 15 is 0 Å². The molecule has 2 fully saturated rings. The number of pyridine rings is 1. The van der Waals surface area contributed by atoms with E-state index in [2.05, 4.69) is 36.2 Å². The highest BCUT2D eigenvalue weighted by Gasteiger charge is 2.51. The van der Waals surface area contributed by atoms with Crippen molar-refractivity contribution >= 4 is 58.5 Å². The quantitative estimate of drug-likeness (QED) is 0.335. The van der Waals surface area contributed by atoms with E-state index in [1.807, 2.05) is 33.8 Å². The fourth-order valence-electron chi connectivity index (χ4n) is 4.59. The molecule has 1 amide bonds. The van der Waals surface area contributed by atoms with Crippen LogP contribution in [0.2, 0.25) is 0 Å². The van der Waals surface area contributed by atoms with Crippen molar-refractivity contribution in [2.75, 3.05) is 16.8 Å². The molecule has 3 N–H and O–H groups in total. The molecule has 1 saturated carbocycles. The number of carbonyl (C=O) groups is 1. The van der Waals surface area contributed by atoms with E-state index in [1.165, 1.54) is 0 Å². The van der Waals surface area contributed by atoms with Crippen LogP contribution in [0.15, 0.2) is 29.1 Å². The van der Waals surface area contributed by atoms with Gasteiger partial charge in [-0.1, -0.05) is 13.5 Å². The zero-order valence-corrected chi connectivity index (χ0v) is 25.7. The molecule has 0 spiro atoms. The highest BCUT2D eigenvalue weighted by Crippen LogP contribution is 2.36. The van der Waals surface area contributed by atoms with Crippen molar-refractivity contribution in [2.24, 2.45) is 0 Å². The van der Waals surface area contributed by atoms with Crippen molar-refractivity contribution in [3.63, 3.8) is 0 Å².